The van der Waals surface area contributed by atoms with Crippen LogP contribution in [0.5, 0.6) is 0 Å². The molecule has 0 fully saturated rings. The van der Waals surface area contributed by atoms with E-state index in [-0.39, 0.29) is 11.4 Å². The van der Waals surface area contributed by atoms with E-state index in [1.165, 1.54) is 24.4 Å². The van der Waals surface area contributed by atoms with Crippen LogP contribution in [0.1, 0.15) is 10.4 Å². The summed E-state index contributed by atoms with van der Waals surface area (Å²) in [5, 5.41) is 8.92. The lowest BCUT2D eigenvalue weighted by molar-refractivity contribution is 0.0696. The number of nitrogens with zero attached hydrogens (tertiary/aromatic N) is 2. The molecule has 3 rings (SSSR count). The van der Waals surface area contributed by atoms with Gasteiger partial charge in [-0.15, -0.1) is 0 Å². The minimum Gasteiger partial charge on any atom is -0.478 e. The first-order chi connectivity index (χ1) is 9.54. The Morgan fingerprint density at radius 1 is 1.35 bits per heavy atom. The molecule has 7 heteroatoms. The molecular weight excluding hydrogens is 329 g/mol. The zero-order valence-corrected chi connectivity index (χ0v) is 11.5. The zero-order chi connectivity index (χ0) is 14.3. The molecule has 0 aliphatic heterocycles. The van der Waals surface area contributed by atoms with Gasteiger partial charge >= 0.3 is 5.97 Å². The van der Waals surface area contributed by atoms with Crippen molar-refractivity contribution in [1.29, 1.82) is 0 Å². The number of imidazole rings is 1. The maximum absolute atomic E-state index is 13.1. The Morgan fingerprint density at radius 3 is 2.85 bits per heavy atom. The summed E-state index contributed by atoms with van der Waals surface area (Å²) in [5.41, 5.74) is 1.66. The maximum Gasteiger partial charge on any atom is 0.337 e. The summed E-state index contributed by atoms with van der Waals surface area (Å²) in [6.45, 7) is 0. The second kappa shape index (κ2) is 4.68. The first-order valence-electron chi connectivity index (χ1n) is 5.59. The smallest absolute Gasteiger partial charge is 0.337 e. The van der Waals surface area contributed by atoms with E-state index in [1.807, 2.05) is 0 Å². The number of hydrogen-bond donors (Lipinski definition) is 2. The molecular formula is C13H7BrFN3O2. The Balaban J connectivity index is 2.15. The maximum atomic E-state index is 13.1. The highest BCUT2D eigenvalue weighted by molar-refractivity contribution is 9.10. The first-order valence-corrected chi connectivity index (χ1v) is 6.38. The fourth-order valence-electron chi connectivity index (χ4n) is 1.83. The molecule has 1 aromatic carbocycles. The third kappa shape index (κ3) is 2.16. The number of halogens is 2. The summed E-state index contributed by atoms with van der Waals surface area (Å²) in [6, 6.07) is 5.69. The highest BCUT2D eigenvalue weighted by Gasteiger charge is 2.12. The number of aromatic amines is 1. The second-order valence-corrected chi connectivity index (χ2v) is 4.96. The van der Waals surface area contributed by atoms with Crippen LogP contribution in [0.15, 0.2) is 34.9 Å². The summed E-state index contributed by atoms with van der Waals surface area (Å²) in [4.78, 5) is 22.1. The predicted molar refractivity (Wildman–Crippen MR) is 73.9 cm³/mol. The molecule has 5 nitrogen and oxygen atoms in total. The SMILES string of the molecule is O=C(O)c1cnc2nc(-c3ccc(F)cc3Br)[nH]c2c1. The van der Waals surface area contributed by atoms with Gasteiger partial charge in [0, 0.05) is 16.2 Å². The fourth-order valence-corrected chi connectivity index (χ4v) is 2.36. The number of pyridine rings is 1. The molecule has 0 saturated heterocycles. The summed E-state index contributed by atoms with van der Waals surface area (Å²) in [5.74, 6) is -0.927. The van der Waals surface area contributed by atoms with Gasteiger partial charge in [-0.25, -0.2) is 19.2 Å². The predicted octanol–water partition coefficient (Wildman–Crippen LogP) is 3.22. The fraction of sp³-hybridized carbons (Fsp3) is 0. The largest absolute Gasteiger partial charge is 0.478 e. The topological polar surface area (TPSA) is 78.9 Å². The van der Waals surface area contributed by atoms with E-state index in [0.717, 1.165) is 0 Å². The Morgan fingerprint density at radius 2 is 2.15 bits per heavy atom. The van der Waals surface area contributed by atoms with Crippen molar-refractivity contribution in [3.63, 3.8) is 0 Å². The first kappa shape index (κ1) is 12.7. The lowest BCUT2D eigenvalue weighted by atomic mass is 10.2. The van der Waals surface area contributed by atoms with Gasteiger partial charge in [0.05, 0.1) is 11.1 Å². The molecule has 2 N–H and O–H groups in total. The van der Waals surface area contributed by atoms with Crippen LogP contribution in [-0.4, -0.2) is 26.0 Å². The van der Waals surface area contributed by atoms with Crippen LogP contribution in [0.4, 0.5) is 4.39 Å². The van der Waals surface area contributed by atoms with Crippen LogP contribution in [0, 0.1) is 5.82 Å². The van der Waals surface area contributed by atoms with Crippen molar-refractivity contribution in [2.75, 3.05) is 0 Å². The highest BCUT2D eigenvalue weighted by atomic mass is 79.9. The number of aromatic carboxylic acids is 1. The van der Waals surface area contributed by atoms with Crippen LogP contribution in [0.25, 0.3) is 22.6 Å². The highest BCUT2D eigenvalue weighted by Crippen LogP contribution is 2.28. The van der Waals surface area contributed by atoms with Gasteiger partial charge in [-0.05, 0) is 40.2 Å². The summed E-state index contributed by atoms with van der Waals surface area (Å²) < 4.78 is 13.6. The van der Waals surface area contributed by atoms with Crippen LogP contribution >= 0.6 is 15.9 Å². The average Bonchev–Trinajstić information content (AvgIpc) is 2.80. The molecule has 100 valence electrons. The molecule has 0 unspecified atom stereocenters. The molecule has 0 radical (unpaired) electrons. The minimum absolute atomic E-state index is 0.0749. The van der Waals surface area contributed by atoms with Crippen molar-refractivity contribution in [1.82, 2.24) is 15.0 Å². The second-order valence-electron chi connectivity index (χ2n) is 4.11. The Hall–Kier alpha value is -2.28. The molecule has 0 bridgehead atoms. The molecule has 0 saturated carbocycles. The number of H-pyrrole nitrogens is 1. The lowest BCUT2D eigenvalue weighted by Crippen LogP contribution is -1.96. The number of rotatable bonds is 2. The van der Waals surface area contributed by atoms with E-state index < -0.39 is 5.97 Å². The summed E-state index contributed by atoms with van der Waals surface area (Å²) in [7, 11) is 0. The number of nitrogens with one attached hydrogen (secondary N) is 1. The van der Waals surface area contributed by atoms with E-state index in [2.05, 4.69) is 30.9 Å². The van der Waals surface area contributed by atoms with Crippen LogP contribution in [-0.2, 0) is 0 Å². The molecule has 20 heavy (non-hydrogen) atoms. The number of carbonyl (C=O) groups is 1. The Kier molecular flexibility index (Phi) is 2.98. The molecule has 3 aromatic rings. The average molecular weight is 336 g/mol. The van der Waals surface area contributed by atoms with E-state index in [4.69, 9.17) is 5.11 Å². The van der Waals surface area contributed by atoms with E-state index >= 15 is 0 Å². The lowest BCUT2D eigenvalue weighted by Gasteiger charge is -1.99. The van der Waals surface area contributed by atoms with E-state index in [1.54, 1.807) is 6.07 Å². The number of fused-ring (bicyclic) bond motifs is 1. The third-order valence-corrected chi connectivity index (χ3v) is 3.43. The quantitative estimate of drug-likeness (QED) is 0.753. The normalized spacial score (nSPS) is 10.9. The van der Waals surface area contributed by atoms with Crippen molar-refractivity contribution in [2.24, 2.45) is 0 Å². The van der Waals surface area contributed by atoms with Crippen molar-refractivity contribution >= 4 is 33.1 Å². The van der Waals surface area contributed by atoms with Crippen LogP contribution in [0.2, 0.25) is 0 Å². The van der Waals surface area contributed by atoms with E-state index in [0.29, 0.717) is 27.0 Å². The number of aromatic nitrogens is 3. The van der Waals surface area contributed by atoms with Gasteiger partial charge < -0.3 is 10.1 Å². The van der Waals surface area contributed by atoms with Gasteiger partial charge in [-0.1, -0.05) is 0 Å². The van der Waals surface area contributed by atoms with Gasteiger partial charge in [0.1, 0.15) is 11.6 Å². The minimum atomic E-state index is -1.06. The van der Waals surface area contributed by atoms with Gasteiger partial charge in [0.25, 0.3) is 0 Å². The molecule has 2 aromatic heterocycles. The van der Waals surface area contributed by atoms with Crippen LogP contribution < -0.4 is 0 Å². The zero-order valence-electron chi connectivity index (χ0n) is 9.89. The monoisotopic (exact) mass is 335 g/mol. The molecule has 0 aliphatic rings. The van der Waals surface area contributed by atoms with Gasteiger partial charge in [0.15, 0.2) is 5.65 Å². The van der Waals surface area contributed by atoms with Gasteiger partial charge in [0.2, 0.25) is 0 Å². The van der Waals surface area contributed by atoms with Crippen LogP contribution in [0.3, 0.4) is 0 Å². The van der Waals surface area contributed by atoms with Crippen molar-refractivity contribution < 1.29 is 14.3 Å². The summed E-state index contributed by atoms with van der Waals surface area (Å²) in [6.07, 6.45) is 1.25. The molecule has 2 heterocycles. The third-order valence-electron chi connectivity index (χ3n) is 2.77. The molecule has 0 spiro atoms. The number of carboxylic acids is 1. The number of hydrogen-bond acceptors (Lipinski definition) is 3. The molecule has 0 aliphatic carbocycles. The number of carboxylic acid groups (broad SMARTS) is 1. The molecule has 0 amide bonds. The standard InChI is InChI=1S/C13H7BrFN3O2/c14-9-4-7(15)1-2-8(9)11-17-10-3-6(13(19)20)5-16-12(10)18-11/h1-5H,(H,19,20)(H,16,17,18). The van der Waals surface area contributed by atoms with Crippen molar-refractivity contribution in [3.8, 4) is 11.4 Å². The van der Waals surface area contributed by atoms with Gasteiger partial charge in [-0.3, -0.25) is 0 Å². The molecule has 0 atom stereocenters. The number of benzene rings is 1. The summed E-state index contributed by atoms with van der Waals surface area (Å²) >= 11 is 3.26. The Bertz CT molecular complexity index is 832. The van der Waals surface area contributed by atoms with Crippen molar-refractivity contribution in [2.45, 2.75) is 0 Å². The van der Waals surface area contributed by atoms with E-state index in [9.17, 15) is 9.18 Å². The van der Waals surface area contributed by atoms with Gasteiger partial charge in [-0.2, -0.15) is 0 Å². The van der Waals surface area contributed by atoms with Crippen molar-refractivity contribution in [3.05, 3.63) is 46.3 Å². The Labute approximate surface area is 120 Å².